The van der Waals surface area contributed by atoms with Crippen molar-refractivity contribution in [1.82, 2.24) is 9.38 Å². The van der Waals surface area contributed by atoms with E-state index < -0.39 is 0 Å². The number of ether oxygens (including phenoxy) is 1. The second kappa shape index (κ2) is 5.35. The number of hydrogen-bond donors (Lipinski definition) is 1. The van der Waals surface area contributed by atoms with Crippen LogP contribution in [0.1, 0.15) is 17.0 Å². The monoisotopic (exact) mass is 267 g/mol. The molecule has 4 heteroatoms. The van der Waals surface area contributed by atoms with Gasteiger partial charge in [0.15, 0.2) is 0 Å². The number of fused-ring (bicyclic) bond motifs is 1. The first-order valence-electron chi connectivity index (χ1n) is 6.58. The number of pyridine rings is 1. The Labute approximate surface area is 117 Å². The van der Waals surface area contributed by atoms with Gasteiger partial charge in [0, 0.05) is 24.7 Å². The molecule has 3 aromatic rings. The predicted octanol–water partition coefficient (Wildman–Crippen LogP) is 2.39. The predicted molar refractivity (Wildman–Crippen MR) is 78.9 cm³/mol. The van der Waals surface area contributed by atoms with Crippen LogP contribution in [-0.2, 0) is 13.0 Å². The number of hydrogen-bond acceptors (Lipinski definition) is 3. The topological polar surface area (TPSA) is 52.5 Å². The fourth-order valence-electron chi connectivity index (χ4n) is 2.36. The van der Waals surface area contributed by atoms with Crippen molar-refractivity contribution in [2.24, 2.45) is 5.73 Å². The highest BCUT2D eigenvalue weighted by Gasteiger charge is 2.08. The molecule has 102 valence electrons. The van der Waals surface area contributed by atoms with E-state index in [1.807, 2.05) is 42.7 Å². The van der Waals surface area contributed by atoms with Crippen LogP contribution in [0.2, 0.25) is 0 Å². The Morgan fingerprint density at radius 1 is 1.20 bits per heavy atom. The van der Waals surface area contributed by atoms with Gasteiger partial charge in [-0.2, -0.15) is 0 Å². The first kappa shape index (κ1) is 12.7. The maximum absolute atomic E-state index is 5.70. The van der Waals surface area contributed by atoms with Gasteiger partial charge in [0.05, 0.1) is 18.8 Å². The summed E-state index contributed by atoms with van der Waals surface area (Å²) in [6, 6.07) is 12.1. The Hall–Kier alpha value is -2.33. The Kier molecular flexibility index (Phi) is 3.39. The summed E-state index contributed by atoms with van der Waals surface area (Å²) in [5.74, 6) is 1.87. The molecule has 0 spiro atoms. The number of nitrogens with zero attached hydrogens (tertiary/aromatic N) is 2. The number of para-hydroxylation sites is 1. The minimum Gasteiger partial charge on any atom is -0.496 e. The molecule has 0 amide bonds. The lowest BCUT2D eigenvalue weighted by Gasteiger charge is -2.08. The van der Waals surface area contributed by atoms with Gasteiger partial charge >= 0.3 is 0 Å². The van der Waals surface area contributed by atoms with E-state index in [4.69, 9.17) is 10.5 Å². The third-order valence-corrected chi connectivity index (χ3v) is 3.44. The lowest BCUT2D eigenvalue weighted by molar-refractivity contribution is 0.410. The molecule has 2 N–H and O–H groups in total. The van der Waals surface area contributed by atoms with Crippen LogP contribution in [0.15, 0.2) is 48.8 Å². The summed E-state index contributed by atoms with van der Waals surface area (Å²) < 4.78 is 7.49. The number of rotatable bonds is 4. The van der Waals surface area contributed by atoms with E-state index in [0.717, 1.165) is 34.6 Å². The highest BCUT2D eigenvalue weighted by molar-refractivity contribution is 5.48. The van der Waals surface area contributed by atoms with Gasteiger partial charge in [0.1, 0.15) is 11.6 Å². The van der Waals surface area contributed by atoms with Gasteiger partial charge < -0.3 is 14.9 Å². The minimum atomic E-state index is 0.530. The molecular weight excluding hydrogens is 250 g/mol. The normalized spacial score (nSPS) is 10.9. The molecule has 2 heterocycles. The quantitative estimate of drug-likeness (QED) is 0.789. The average Bonchev–Trinajstić information content (AvgIpc) is 2.90. The zero-order valence-electron chi connectivity index (χ0n) is 11.4. The van der Waals surface area contributed by atoms with Gasteiger partial charge in [0.2, 0.25) is 0 Å². The molecule has 0 saturated carbocycles. The van der Waals surface area contributed by atoms with E-state index >= 15 is 0 Å². The van der Waals surface area contributed by atoms with Crippen molar-refractivity contribution in [3.63, 3.8) is 0 Å². The Morgan fingerprint density at radius 2 is 2.05 bits per heavy atom. The standard InChI is InChI=1S/C16H17N3O/c1-20-15-5-3-2-4-13(15)8-16-18-10-14-7-6-12(9-17)11-19(14)16/h2-7,10-11H,8-9,17H2,1H3. The van der Waals surface area contributed by atoms with E-state index in [0.29, 0.717) is 6.54 Å². The fourth-order valence-corrected chi connectivity index (χ4v) is 2.36. The van der Waals surface area contributed by atoms with Crippen molar-refractivity contribution >= 4 is 5.52 Å². The van der Waals surface area contributed by atoms with E-state index in [1.54, 1.807) is 7.11 Å². The van der Waals surface area contributed by atoms with Crippen molar-refractivity contribution in [3.05, 3.63) is 65.7 Å². The van der Waals surface area contributed by atoms with Crippen molar-refractivity contribution in [3.8, 4) is 5.75 Å². The molecule has 0 aliphatic heterocycles. The van der Waals surface area contributed by atoms with Gasteiger partial charge in [-0.15, -0.1) is 0 Å². The molecule has 0 saturated heterocycles. The molecule has 3 rings (SSSR count). The molecule has 0 aliphatic carbocycles. The summed E-state index contributed by atoms with van der Waals surface area (Å²) in [7, 11) is 1.69. The summed E-state index contributed by atoms with van der Waals surface area (Å²) in [5, 5.41) is 0. The van der Waals surface area contributed by atoms with Gasteiger partial charge in [-0.05, 0) is 17.7 Å². The molecule has 0 radical (unpaired) electrons. The van der Waals surface area contributed by atoms with Crippen molar-refractivity contribution in [2.75, 3.05) is 7.11 Å². The van der Waals surface area contributed by atoms with Crippen LogP contribution in [0.25, 0.3) is 5.52 Å². The van der Waals surface area contributed by atoms with Crippen LogP contribution < -0.4 is 10.5 Å². The molecule has 0 atom stereocenters. The van der Waals surface area contributed by atoms with E-state index in [-0.39, 0.29) is 0 Å². The largest absolute Gasteiger partial charge is 0.496 e. The molecule has 0 unspecified atom stereocenters. The van der Waals surface area contributed by atoms with Crippen LogP contribution in [0.5, 0.6) is 5.75 Å². The van der Waals surface area contributed by atoms with Crippen molar-refractivity contribution in [1.29, 1.82) is 0 Å². The van der Waals surface area contributed by atoms with E-state index in [2.05, 4.69) is 15.5 Å². The lowest BCUT2D eigenvalue weighted by Crippen LogP contribution is -2.02. The molecule has 0 bridgehead atoms. The van der Waals surface area contributed by atoms with Crippen LogP contribution in [0, 0.1) is 0 Å². The molecule has 4 nitrogen and oxygen atoms in total. The van der Waals surface area contributed by atoms with Crippen LogP contribution in [0.4, 0.5) is 0 Å². The smallest absolute Gasteiger partial charge is 0.122 e. The van der Waals surface area contributed by atoms with Crippen LogP contribution in [-0.4, -0.2) is 16.5 Å². The first-order chi connectivity index (χ1) is 9.81. The fraction of sp³-hybridized carbons (Fsp3) is 0.188. The number of imidazole rings is 1. The van der Waals surface area contributed by atoms with Crippen LogP contribution in [0.3, 0.4) is 0 Å². The second-order valence-electron chi connectivity index (χ2n) is 4.70. The summed E-state index contributed by atoms with van der Waals surface area (Å²) in [6.45, 7) is 0.530. The second-order valence-corrected chi connectivity index (χ2v) is 4.70. The van der Waals surface area contributed by atoms with Crippen molar-refractivity contribution in [2.45, 2.75) is 13.0 Å². The van der Waals surface area contributed by atoms with Gasteiger partial charge in [-0.25, -0.2) is 4.98 Å². The minimum absolute atomic E-state index is 0.530. The summed E-state index contributed by atoms with van der Waals surface area (Å²) in [6.07, 6.45) is 4.66. The highest BCUT2D eigenvalue weighted by Crippen LogP contribution is 2.21. The van der Waals surface area contributed by atoms with Crippen LogP contribution >= 0.6 is 0 Å². The molecule has 0 fully saturated rings. The Balaban J connectivity index is 2.02. The maximum atomic E-state index is 5.70. The number of nitrogens with two attached hydrogens (primary N) is 1. The lowest BCUT2D eigenvalue weighted by atomic mass is 10.1. The molecular formula is C16H17N3O. The number of aromatic nitrogens is 2. The summed E-state index contributed by atoms with van der Waals surface area (Å²) in [4.78, 5) is 4.51. The summed E-state index contributed by atoms with van der Waals surface area (Å²) >= 11 is 0. The highest BCUT2D eigenvalue weighted by atomic mass is 16.5. The van der Waals surface area contributed by atoms with Gasteiger partial charge in [0.25, 0.3) is 0 Å². The Bertz CT molecular complexity index is 733. The Morgan fingerprint density at radius 3 is 2.85 bits per heavy atom. The molecule has 1 aromatic carbocycles. The zero-order chi connectivity index (χ0) is 13.9. The molecule has 20 heavy (non-hydrogen) atoms. The maximum Gasteiger partial charge on any atom is 0.122 e. The zero-order valence-corrected chi connectivity index (χ0v) is 11.4. The average molecular weight is 267 g/mol. The first-order valence-corrected chi connectivity index (χ1v) is 6.58. The van der Waals surface area contributed by atoms with Crippen molar-refractivity contribution < 1.29 is 4.74 Å². The van der Waals surface area contributed by atoms with E-state index in [1.165, 1.54) is 0 Å². The third-order valence-electron chi connectivity index (χ3n) is 3.44. The van der Waals surface area contributed by atoms with Gasteiger partial charge in [-0.3, -0.25) is 0 Å². The van der Waals surface area contributed by atoms with E-state index in [9.17, 15) is 0 Å². The summed E-state index contributed by atoms with van der Waals surface area (Å²) in [5.41, 5.74) is 9.00. The molecule has 2 aromatic heterocycles. The number of benzene rings is 1. The van der Waals surface area contributed by atoms with Gasteiger partial charge in [-0.1, -0.05) is 24.3 Å². The SMILES string of the molecule is COc1ccccc1Cc1ncc2ccc(CN)cn12. The number of methoxy groups -OCH3 is 1. The molecule has 0 aliphatic rings. The third kappa shape index (κ3) is 2.26.